The van der Waals surface area contributed by atoms with Crippen molar-refractivity contribution in [2.24, 2.45) is 17.3 Å². The van der Waals surface area contributed by atoms with Gasteiger partial charge in [-0.05, 0) is 18.3 Å². The van der Waals surface area contributed by atoms with Gasteiger partial charge in [-0.2, -0.15) is 0 Å². The fourth-order valence-electron chi connectivity index (χ4n) is 2.89. The first-order chi connectivity index (χ1) is 6.47. The maximum absolute atomic E-state index is 11.1. The fourth-order valence-corrected chi connectivity index (χ4v) is 2.89. The monoisotopic (exact) mass is 199 g/mol. The Morgan fingerprint density at radius 2 is 2.07 bits per heavy atom. The lowest BCUT2D eigenvalue weighted by Crippen LogP contribution is -2.51. The first-order valence-corrected chi connectivity index (χ1v) is 4.68. The summed E-state index contributed by atoms with van der Waals surface area (Å²) in [5.74, 6) is -0.504. The highest BCUT2D eigenvalue weighted by atomic mass is 16.4. The normalized spacial score (nSPS) is 40.2. The highest BCUT2D eigenvalue weighted by Gasteiger charge is 2.62. The number of fused-ring (bicyclic) bond motifs is 1. The van der Waals surface area contributed by atoms with Crippen molar-refractivity contribution in [2.75, 3.05) is 13.1 Å². The number of nitrogens with zero attached hydrogens (tertiary/aromatic N) is 1. The molecule has 2 N–H and O–H groups in total. The van der Waals surface area contributed by atoms with Crippen LogP contribution in [0, 0.1) is 17.3 Å². The van der Waals surface area contributed by atoms with Crippen molar-refractivity contribution in [3.8, 4) is 0 Å². The van der Waals surface area contributed by atoms with E-state index in [1.807, 2.05) is 6.92 Å². The molecule has 1 saturated carbocycles. The second kappa shape index (κ2) is 2.62. The molecule has 0 spiro atoms. The summed E-state index contributed by atoms with van der Waals surface area (Å²) in [6, 6.07) is 0. The van der Waals surface area contributed by atoms with Crippen LogP contribution in [0.2, 0.25) is 0 Å². The Morgan fingerprint density at radius 3 is 2.43 bits per heavy atom. The molecule has 2 rings (SSSR count). The van der Waals surface area contributed by atoms with Gasteiger partial charge in [0.25, 0.3) is 0 Å². The summed E-state index contributed by atoms with van der Waals surface area (Å²) >= 11 is 0. The van der Waals surface area contributed by atoms with Gasteiger partial charge in [0.15, 0.2) is 0 Å². The molecule has 0 aromatic carbocycles. The molecule has 0 aromatic rings. The van der Waals surface area contributed by atoms with Crippen LogP contribution in [-0.2, 0) is 4.79 Å². The van der Waals surface area contributed by atoms with Crippen molar-refractivity contribution in [3.63, 3.8) is 0 Å². The Balaban J connectivity index is 2.21. The lowest BCUT2D eigenvalue weighted by atomic mass is 9.56. The highest BCUT2D eigenvalue weighted by molar-refractivity contribution is 5.79. The molecule has 0 aromatic heterocycles. The lowest BCUT2D eigenvalue weighted by molar-refractivity contribution is -0.161. The molecule has 3 atom stereocenters. The average molecular weight is 199 g/mol. The minimum atomic E-state index is -1.01. The van der Waals surface area contributed by atoms with Gasteiger partial charge in [0, 0.05) is 13.1 Å². The van der Waals surface area contributed by atoms with Crippen LogP contribution in [0.5, 0.6) is 0 Å². The van der Waals surface area contributed by atoms with Gasteiger partial charge in [0.2, 0.25) is 0 Å². The quantitative estimate of drug-likeness (QED) is 0.651. The molecule has 5 heteroatoms. The Kier molecular flexibility index (Phi) is 1.74. The molecule has 5 nitrogen and oxygen atoms in total. The summed E-state index contributed by atoms with van der Waals surface area (Å²) in [6.45, 7) is 2.52. The summed E-state index contributed by atoms with van der Waals surface area (Å²) in [5.41, 5.74) is -0.780. The van der Waals surface area contributed by atoms with E-state index in [0.29, 0.717) is 18.9 Å². The third-order valence-electron chi connectivity index (χ3n) is 3.67. The molecular weight excluding hydrogens is 186 g/mol. The Hall–Kier alpha value is -1.26. The minimum Gasteiger partial charge on any atom is -0.481 e. The van der Waals surface area contributed by atoms with Gasteiger partial charge in [-0.1, -0.05) is 6.92 Å². The van der Waals surface area contributed by atoms with Crippen LogP contribution in [0.1, 0.15) is 13.3 Å². The number of aliphatic carboxylic acids is 1. The molecule has 2 unspecified atom stereocenters. The maximum atomic E-state index is 11.1. The average Bonchev–Trinajstić information content (AvgIpc) is 2.39. The molecule has 1 saturated heterocycles. The molecule has 2 fully saturated rings. The van der Waals surface area contributed by atoms with E-state index in [9.17, 15) is 9.59 Å². The summed E-state index contributed by atoms with van der Waals surface area (Å²) in [6.07, 6.45) is -0.399. The van der Waals surface area contributed by atoms with Gasteiger partial charge in [0.05, 0.1) is 5.41 Å². The van der Waals surface area contributed by atoms with E-state index < -0.39 is 17.5 Å². The van der Waals surface area contributed by atoms with Gasteiger partial charge in [0.1, 0.15) is 0 Å². The standard InChI is InChI=1S/C9H13NO4/c1-5-2-9(7(11)12)4-10(8(13)14)3-6(5)9/h5-6H,2-4H2,1H3,(H,11,12)(H,13,14)/t5?,6?,9-/m1/s1. The van der Waals surface area contributed by atoms with Crippen molar-refractivity contribution < 1.29 is 19.8 Å². The van der Waals surface area contributed by atoms with Crippen molar-refractivity contribution in [1.82, 2.24) is 4.90 Å². The van der Waals surface area contributed by atoms with Gasteiger partial charge in [-0.3, -0.25) is 4.79 Å². The number of hydrogen-bond donors (Lipinski definition) is 2. The van der Waals surface area contributed by atoms with Crippen LogP contribution in [0.15, 0.2) is 0 Å². The molecule has 14 heavy (non-hydrogen) atoms. The topological polar surface area (TPSA) is 77.8 Å². The van der Waals surface area contributed by atoms with Crippen molar-refractivity contribution in [3.05, 3.63) is 0 Å². The highest BCUT2D eigenvalue weighted by Crippen LogP contribution is 2.55. The zero-order valence-electron chi connectivity index (χ0n) is 7.93. The summed E-state index contributed by atoms with van der Waals surface area (Å²) < 4.78 is 0. The zero-order valence-corrected chi connectivity index (χ0v) is 7.93. The van der Waals surface area contributed by atoms with Crippen molar-refractivity contribution in [2.45, 2.75) is 13.3 Å². The smallest absolute Gasteiger partial charge is 0.407 e. The summed E-state index contributed by atoms with van der Waals surface area (Å²) in [5, 5.41) is 17.9. The zero-order chi connectivity index (χ0) is 10.5. The van der Waals surface area contributed by atoms with Crippen LogP contribution >= 0.6 is 0 Å². The Labute approximate surface area is 81.3 Å². The Bertz CT molecular complexity index is 303. The molecule has 78 valence electrons. The van der Waals surface area contributed by atoms with Crippen molar-refractivity contribution in [1.29, 1.82) is 0 Å². The number of carboxylic acids is 1. The predicted octanol–water partition coefficient (Wildman–Crippen LogP) is 0.707. The molecule has 2 aliphatic rings. The molecular formula is C9H13NO4. The van der Waals surface area contributed by atoms with E-state index in [-0.39, 0.29) is 12.5 Å². The van der Waals surface area contributed by atoms with Crippen LogP contribution in [0.3, 0.4) is 0 Å². The van der Waals surface area contributed by atoms with Gasteiger partial charge < -0.3 is 15.1 Å². The van der Waals surface area contributed by atoms with Gasteiger partial charge in [-0.15, -0.1) is 0 Å². The summed E-state index contributed by atoms with van der Waals surface area (Å²) in [4.78, 5) is 23.0. The first-order valence-electron chi connectivity index (χ1n) is 4.68. The number of rotatable bonds is 1. The molecule has 0 bridgehead atoms. The second-order valence-corrected chi connectivity index (χ2v) is 4.41. The van der Waals surface area contributed by atoms with E-state index in [2.05, 4.69) is 0 Å². The number of carboxylic acid groups (broad SMARTS) is 2. The van der Waals surface area contributed by atoms with E-state index in [1.165, 1.54) is 4.90 Å². The van der Waals surface area contributed by atoms with Crippen LogP contribution in [0.4, 0.5) is 4.79 Å². The minimum absolute atomic E-state index is 0.0103. The van der Waals surface area contributed by atoms with Gasteiger partial charge in [-0.25, -0.2) is 4.79 Å². The largest absolute Gasteiger partial charge is 0.481 e. The number of amides is 1. The van der Waals surface area contributed by atoms with E-state index in [0.717, 1.165) is 0 Å². The van der Waals surface area contributed by atoms with Crippen LogP contribution in [0.25, 0.3) is 0 Å². The van der Waals surface area contributed by atoms with E-state index >= 15 is 0 Å². The van der Waals surface area contributed by atoms with Crippen LogP contribution in [-0.4, -0.2) is 40.3 Å². The number of likely N-dealkylation sites (tertiary alicyclic amines) is 1. The van der Waals surface area contributed by atoms with Gasteiger partial charge >= 0.3 is 12.1 Å². The molecule has 1 heterocycles. The van der Waals surface area contributed by atoms with E-state index in [1.54, 1.807) is 0 Å². The van der Waals surface area contributed by atoms with E-state index in [4.69, 9.17) is 10.2 Å². The maximum Gasteiger partial charge on any atom is 0.407 e. The molecule has 1 aliphatic heterocycles. The van der Waals surface area contributed by atoms with Crippen molar-refractivity contribution >= 4 is 12.1 Å². The molecule has 1 aliphatic carbocycles. The van der Waals surface area contributed by atoms with Crippen LogP contribution < -0.4 is 0 Å². The number of hydrogen-bond acceptors (Lipinski definition) is 2. The predicted molar refractivity (Wildman–Crippen MR) is 46.9 cm³/mol. The lowest BCUT2D eigenvalue weighted by Gasteiger charge is -2.45. The molecule has 1 amide bonds. The number of carbonyl (C=O) groups is 2. The summed E-state index contributed by atoms with van der Waals surface area (Å²) in [7, 11) is 0. The Morgan fingerprint density at radius 1 is 1.43 bits per heavy atom. The molecule has 0 radical (unpaired) electrons. The third kappa shape index (κ3) is 0.951. The SMILES string of the molecule is CC1C[C@@]2(C(=O)O)CN(C(=O)O)CC12. The first kappa shape index (κ1) is 9.30. The second-order valence-electron chi connectivity index (χ2n) is 4.41. The third-order valence-corrected chi connectivity index (χ3v) is 3.67. The fraction of sp³-hybridized carbons (Fsp3) is 0.778.